The van der Waals surface area contributed by atoms with Gasteiger partial charge in [-0.25, -0.2) is 0 Å². The predicted octanol–water partition coefficient (Wildman–Crippen LogP) is 35.2. The first-order valence-corrected chi connectivity index (χ1v) is 74.0. The van der Waals surface area contributed by atoms with E-state index in [1.807, 2.05) is 0 Å². The summed E-state index contributed by atoms with van der Waals surface area (Å²) in [6, 6.07) is 27.3. The molecular weight excluding hydrogens is 2020 g/mol. The minimum absolute atomic E-state index is 0. The van der Waals surface area contributed by atoms with Gasteiger partial charge in [-0.3, -0.25) is 0 Å². The van der Waals surface area contributed by atoms with Gasteiger partial charge < -0.3 is 44.6 Å². The number of halogens is 6. The van der Waals surface area contributed by atoms with Crippen molar-refractivity contribution < 1.29 is 62.5 Å². The van der Waals surface area contributed by atoms with E-state index in [-0.39, 0.29) is 60.8 Å². The third kappa shape index (κ3) is 21.9. The van der Waals surface area contributed by atoms with Crippen molar-refractivity contribution >= 4 is 85.7 Å². The summed E-state index contributed by atoms with van der Waals surface area (Å²) in [5.74, 6) is 14.2. The molecule has 18 aliphatic carbocycles. The first-order chi connectivity index (χ1) is 61.2. The molecule has 20 rings (SSSR count). The Morgan fingerprint density at radius 2 is 0.436 bits per heavy atom. The number of rotatable bonds is 14. The zero-order valence-electron chi connectivity index (χ0n) is 83.1. The van der Waals surface area contributed by atoms with Crippen LogP contribution in [0.5, 0.6) is 0 Å². The Labute approximate surface area is 869 Å². The number of fused-ring (bicyclic) bond motifs is 18. The van der Waals surface area contributed by atoms with E-state index in [2.05, 4.69) is 443 Å². The maximum atomic E-state index is 4.93. The summed E-state index contributed by atoms with van der Waals surface area (Å²) < 4.78 is 0. The summed E-state index contributed by atoms with van der Waals surface area (Å²) in [6.07, 6.45) is 112. The number of benzene rings is 2. The molecule has 0 saturated heterocycles. The van der Waals surface area contributed by atoms with Crippen LogP contribution in [0.4, 0.5) is 0 Å². The van der Waals surface area contributed by atoms with Crippen LogP contribution in [0.15, 0.2) is 387 Å². The van der Waals surface area contributed by atoms with Crippen molar-refractivity contribution in [1.82, 2.24) is 0 Å². The molecule has 6 saturated carbocycles. The van der Waals surface area contributed by atoms with Gasteiger partial charge in [0.05, 0.1) is 24.2 Å². The van der Waals surface area contributed by atoms with Gasteiger partial charge >= 0.3 is 114 Å². The summed E-state index contributed by atoms with van der Waals surface area (Å²) in [5, 5.41) is 3.31. The fraction of sp³-hybridized carbons (Fsp3) is 0.405. The van der Waals surface area contributed by atoms with Gasteiger partial charge in [-0.05, 0) is 247 Å². The number of allylic oxidation sites excluding steroid dienone is 51. The van der Waals surface area contributed by atoms with E-state index in [1.165, 1.54) is 39.5 Å². The first kappa shape index (κ1) is 113. The number of hydrogen-bond acceptors (Lipinski definition) is 0. The molecule has 0 aliphatic heterocycles. The van der Waals surface area contributed by atoms with Gasteiger partial charge in [-0.2, -0.15) is 0 Å². The molecule has 0 heterocycles. The Kier molecular flexibility index (Phi) is 41.2. The molecule has 6 fully saturated rings. The van der Waals surface area contributed by atoms with Crippen molar-refractivity contribution in [2.24, 2.45) is 158 Å². The molecule has 0 bridgehead atoms. The fourth-order valence-electron chi connectivity index (χ4n) is 29.7. The van der Waals surface area contributed by atoms with Crippen molar-refractivity contribution in [1.29, 1.82) is 0 Å². The van der Waals surface area contributed by atoms with E-state index in [9.17, 15) is 0 Å². The van der Waals surface area contributed by atoms with Crippen LogP contribution in [0.25, 0.3) is 0 Å². The van der Waals surface area contributed by atoms with E-state index >= 15 is 0 Å². The summed E-state index contributed by atoms with van der Waals surface area (Å²) in [4.78, 5) is 0. The van der Waals surface area contributed by atoms with Crippen LogP contribution in [0.2, 0.25) is 57.9 Å². The van der Waals surface area contributed by atoms with Crippen LogP contribution in [0.3, 0.4) is 0 Å². The van der Waals surface area contributed by atoms with Crippen LogP contribution < -0.4 is 10.4 Å². The topological polar surface area (TPSA) is 0 Å². The molecule has 0 N–H and O–H groups in total. The molecular formula is C121H154Cl6Si3Zr3. The van der Waals surface area contributed by atoms with E-state index in [4.69, 9.17) is 51.1 Å². The Morgan fingerprint density at radius 3 is 0.669 bits per heavy atom. The third-order valence-corrected chi connectivity index (χ3v) is 52.4. The van der Waals surface area contributed by atoms with Crippen molar-refractivity contribution in [3.05, 3.63) is 432 Å². The summed E-state index contributed by atoms with van der Waals surface area (Å²) >= 11 is -2.48. The Balaban J connectivity index is 0.000000210. The molecule has 2 aromatic rings. The van der Waals surface area contributed by atoms with Gasteiger partial charge in [0.15, 0.2) is 0 Å². The van der Waals surface area contributed by atoms with Gasteiger partial charge in [0.25, 0.3) is 0 Å². The van der Waals surface area contributed by atoms with Gasteiger partial charge in [0, 0.05) is 0 Å². The van der Waals surface area contributed by atoms with Crippen LogP contribution in [0.1, 0.15) is 83.1 Å². The molecule has 0 amide bonds. The van der Waals surface area contributed by atoms with Gasteiger partial charge in [-0.1, -0.05) is 430 Å². The molecule has 0 spiro atoms. The van der Waals surface area contributed by atoms with E-state index in [0.717, 1.165) is 23.2 Å². The Bertz CT molecular complexity index is 4810. The van der Waals surface area contributed by atoms with E-state index in [0.29, 0.717) is 164 Å². The van der Waals surface area contributed by atoms with Crippen molar-refractivity contribution in [3.8, 4) is 0 Å². The molecule has 12 heteroatoms. The average Bonchev–Trinajstić information content (AvgIpc) is 1.54. The first-order valence-electron chi connectivity index (χ1n) is 47.4. The van der Waals surface area contributed by atoms with Gasteiger partial charge in [0.2, 0.25) is 0 Å². The SMILES string of the molecule is C=CC[Si](C)(C1C2C=CC=CC2C2C=CC=CC21)C1C2C=C(C)C=CC2C2C=CC(C(C)(C)C)=CC21.C=CC[Si](c1ccccc1)(C1C2C=CC=CC2C2C=CC=CC21)C1C2C=C(C)C=CC2C2C=CC(C(C)(C)C)=CC21.C=CC[Si](c1ccccc1)(C1C2C=CC=CC2C2C=CC=CC21)C1C2C=C(C)C=CC2C2C=CC(C(C)(C)C)=CC21.[CH3-].[CH3-].[CH3-].[CH3-].[CH3-].[CH3-].[Cl][Zr+2][Cl].[Cl][Zr+2][Cl].[Cl][Zr+2][Cl]. The van der Waals surface area contributed by atoms with Crippen LogP contribution in [-0.4, -0.2) is 24.2 Å². The van der Waals surface area contributed by atoms with E-state index in [1.54, 1.807) is 10.4 Å². The maximum absolute atomic E-state index is 4.93. The monoisotopic (exact) mass is 2170 g/mol. The Morgan fingerprint density at radius 1 is 0.256 bits per heavy atom. The standard InChI is InChI=1S/2C40H46Si.C35H44Si.6CH3.6ClH.3Zr/c2*1-6-24-41(29-14-8-7-9-15-29,38-34-18-12-10-16-30(34)31-17-11-13-19-35(31)38)39-36-25-27(2)20-22-32(36)33-23-21-28(26-37(33)39)40(3,4)5;1-7-20-36(6,33-29-14-10-8-12-25(29)26-13-9-11-15-30(26)33)34-31-21-23(2)16-18-27(31)28-19-17-24(22-32(28)34)35(3,4)5;;;;;;;;;;;;;;;/h2*6-23,25-26,30-39H,1,24H2,2-5H3;7-19,21-22,25-34H,1,20H2,2-6H3;6*1H3;6*1H;;;/q;;;6*-1;;;;;;;3*+4/p-6. The van der Waals surface area contributed by atoms with Gasteiger partial charge in [0.1, 0.15) is 0 Å². The number of hydrogen-bond donors (Lipinski definition) is 0. The normalized spacial score (nSPS) is 36.2. The quantitative estimate of drug-likeness (QED) is 0.100. The predicted molar refractivity (Wildman–Crippen MR) is 589 cm³/mol. The second-order valence-electron chi connectivity index (χ2n) is 43.1. The zero-order valence-corrected chi connectivity index (χ0v) is 98.0. The Hall–Kier alpha value is -3.54. The summed E-state index contributed by atoms with van der Waals surface area (Å²) in [5.41, 5.74) is 13.4. The van der Waals surface area contributed by atoms with Crippen molar-refractivity contribution in [2.45, 2.75) is 141 Å². The molecule has 0 nitrogen and oxygen atoms in total. The molecule has 704 valence electrons. The second kappa shape index (κ2) is 48.5. The molecule has 0 radical (unpaired) electrons. The third-order valence-electron chi connectivity index (χ3n) is 34.0. The van der Waals surface area contributed by atoms with Crippen molar-refractivity contribution in [3.63, 3.8) is 0 Å². The van der Waals surface area contributed by atoms with Crippen molar-refractivity contribution in [2.75, 3.05) is 0 Å². The van der Waals surface area contributed by atoms with Gasteiger partial charge in [-0.15, -0.1) is 19.7 Å². The average molecular weight is 2180 g/mol. The zero-order chi connectivity index (χ0) is 90.1. The minimum atomic E-state index is -2.30. The molecule has 18 aliphatic rings. The molecule has 133 heavy (non-hydrogen) atoms. The van der Waals surface area contributed by atoms with E-state index < -0.39 is 86.8 Å². The summed E-state index contributed by atoms with van der Waals surface area (Å²) in [6.45, 7) is 44.7. The molecule has 0 aromatic heterocycles. The summed E-state index contributed by atoms with van der Waals surface area (Å²) in [7, 11) is 23.1. The van der Waals surface area contributed by atoms with Crippen LogP contribution >= 0.6 is 51.1 Å². The molecule has 30 atom stereocenters. The van der Waals surface area contributed by atoms with Crippen LogP contribution in [0, 0.1) is 203 Å². The molecule has 30 unspecified atom stereocenters. The second-order valence-corrected chi connectivity index (χ2v) is 67.9. The van der Waals surface area contributed by atoms with Crippen LogP contribution in [-0.2, 0) is 62.5 Å². The molecule has 2 aromatic carbocycles. The fourth-order valence-corrected chi connectivity index (χ4v) is 50.8.